The van der Waals surface area contributed by atoms with Gasteiger partial charge in [0.2, 0.25) is 0 Å². The van der Waals surface area contributed by atoms with Gasteiger partial charge in [0.1, 0.15) is 11.8 Å². The lowest BCUT2D eigenvalue weighted by Crippen LogP contribution is -2.34. The van der Waals surface area contributed by atoms with Crippen molar-refractivity contribution in [2.75, 3.05) is 13.2 Å². The lowest BCUT2D eigenvalue weighted by Gasteiger charge is -2.35. The maximum atomic E-state index is 8.99. The highest BCUT2D eigenvalue weighted by Crippen LogP contribution is 2.42. The third-order valence-electron chi connectivity index (χ3n) is 4.17. The second-order valence-electron chi connectivity index (χ2n) is 5.26. The van der Waals surface area contributed by atoms with Crippen molar-refractivity contribution >= 4 is 0 Å². The Morgan fingerprint density at radius 2 is 2.00 bits per heavy atom. The molecule has 2 heterocycles. The summed E-state index contributed by atoms with van der Waals surface area (Å²) < 4.78 is 13.4. The fraction of sp³-hybridized carbons (Fsp3) is 0.643. The fourth-order valence-corrected chi connectivity index (χ4v) is 3.10. The quantitative estimate of drug-likeness (QED) is 0.764. The van der Waals surface area contributed by atoms with E-state index in [9.17, 15) is 0 Å². The monoisotopic (exact) mass is 246 g/mol. The van der Waals surface area contributed by atoms with Crippen molar-refractivity contribution < 1.29 is 9.47 Å². The van der Waals surface area contributed by atoms with Crippen LogP contribution in [-0.4, -0.2) is 23.6 Å². The Bertz CT molecular complexity index is 470. The Morgan fingerprint density at radius 3 is 2.56 bits per heavy atom. The molecule has 2 aliphatic rings. The second-order valence-corrected chi connectivity index (χ2v) is 5.26. The van der Waals surface area contributed by atoms with Crippen LogP contribution in [0.1, 0.15) is 42.9 Å². The van der Waals surface area contributed by atoms with E-state index in [4.69, 9.17) is 14.7 Å². The number of aryl methyl sites for hydroxylation is 1. The van der Waals surface area contributed by atoms with Crippen LogP contribution < -0.4 is 0 Å². The first-order valence-corrected chi connectivity index (χ1v) is 6.57. The Morgan fingerprint density at radius 1 is 1.33 bits per heavy atom. The van der Waals surface area contributed by atoms with Gasteiger partial charge in [-0.15, -0.1) is 0 Å². The van der Waals surface area contributed by atoms with Crippen LogP contribution in [0.25, 0.3) is 0 Å². The van der Waals surface area contributed by atoms with E-state index in [-0.39, 0.29) is 5.79 Å². The van der Waals surface area contributed by atoms with Crippen molar-refractivity contribution in [2.45, 2.75) is 37.4 Å². The van der Waals surface area contributed by atoms with Gasteiger partial charge in [-0.3, -0.25) is 0 Å². The highest BCUT2D eigenvalue weighted by molar-refractivity contribution is 5.31. The minimum absolute atomic E-state index is 0.288. The molecule has 0 unspecified atom stereocenters. The summed E-state index contributed by atoms with van der Waals surface area (Å²) in [5, 5.41) is 8.99. The van der Waals surface area contributed by atoms with Crippen molar-refractivity contribution in [3.05, 3.63) is 23.5 Å². The van der Waals surface area contributed by atoms with Gasteiger partial charge in [0.05, 0.1) is 13.2 Å². The molecular weight excluding hydrogens is 228 g/mol. The zero-order chi connectivity index (χ0) is 12.6. The second kappa shape index (κ2) is 4.42. The van der Waals surface area contributed by atoms with Crippen LogP contribution in [0.2, 0.25) is 0 Å². The molecule has 0 radical (unpaired) electrons. The maximum Gasteiger partial charge on any atom is 0.168 e. The van der Waals surface area contributed by atoms with Crippen molar-refractivity contribution in [3.8, 4) is 6.07 Å². The van der Waals surface area contributed by atoms with Gasteiger partial charge in [0.15, 0.2) is 5.79 Å². The number of rotatable bonds is 1. The van der Waals surface area contributed by atoms with Gasteiger partial charge in [-0.1, -0.05) is 0 Å². The molecule has 1 saturated heterocycles. The summed E-state index contributed by atoms with van der Waals surface area (Å²) in [5.74, 6) is 0.250. The molecule has 3 rings (SSSR count). The average molecular weight is 246 g/mol. The zero-order valence-corrected chi connectivity index (χ0v) is 10.7. The van der Waals surface area contributed by atoms with Crippen molar-refractivity contribution in [3.63, 3.8) is 0 Å². The number of hydrogen-bond donors (Lipinski definition) is 0. The summed E-state index contributed by atoms with van der Waals surface area (Å²) in [6.45, 7) is 1.46. The van der Waals surface area contributed by atoms with E-state index in [0.29, 0.717) is 5.92 Å². The van der Waals surface area contributed by atoms with E-state index >= 15 is 0 Å². The van der Waals surface area contributed by atoms with E-state index in [1.165, 1.54) is 5.56 Å². The van der Waals surface area contributed by atoms with Crippen LogP contribution in [0.15, 0.2) is 12.3 Å². The molecule has 0 atom stereocenters. The van der Waals surface area contributed by atoms with Gasteiger partial charge in [-0.25, -0.2) is 0 Å². The SMILES string of the molecule is Cn1cc(C2CCC3(CC2)OCCO3)cc1C#N. The van der Waals surface area contributed by atoms with Crippen molar-refractivity contribution in [2.24, 2.45) is 7.05 Å². The third-order valence-corrected chi connectivity index (χ3v) is 4.17. The Kier molecular flexibility index (Phi) is 2.89. The molecule has 0 N–H and O–H groups in total. The normalized spacial score (nSPS) is 23.3. The molecule has 1 spiro atoms. The van der Waals surface area contributed by atoms with Gasteiger partial charge >= 0.3 is 0 Å². The van der Waals surface area contributed by atoms with Crippen LogP contribution in [0.5, 0.6) is 0 Å². The number of nitriles is 1. The highest BCUT2D eigenvalue weighted by Gasteiger charge is 2.40. The molecule has 0 aromatic carbocycles. The molecule has 4 nitrogen and oxygen atoms in total. The number of hydrogen-bond acceptors (Lipinski definition) is 3. The summed E-state index contributed by atoms with van der Waals surface area (Å²) in [4.78, 5) is 0. The first-order chi connectivity index (χ1) is 8.72. The van der Waals surface area contributed by atoms with Crippen LogP contribution >= 0.6 is 0 Å². The lowest BCUT2D eigenvalue weighted by atomic mass is 9.82. The van der Waals surface area contributed by atoms with E-state index in [1.807, 2.05) is 17.7 Å². The first kappa shape index (κ1) is 11.8. The van der Waals surface area contributed by atoms with Gasteiger partial charge < -0.3 is 14.0 Å². The summed E-state index contributed by atoms with van der Waals surface area (Å²) in [6, 6.07) is 4.23. The molecule has 96 valence electrons. The van der Waals surface area contributed by atoms with Gasteiger partial charge in [0, 0.05) is 26.1 Å². The number of ether oxygens (including phenoxy) is 2. The standard InChI is InChI=1S/C14H18N2O2/c1-16-10-12(8-13(16)9-15)11-2-4-14(5-3-11)17-6-7-18-14/h8,10-11H,2-7H2,1H3. The van der Waals surface area contributed by atoms with Crippen LogP contribution in [0.3, 0.4) is 0 Å². The summed E-state index contributed by atoms with van der Waals surface area (Å²) in [7, 11) is 1.93. The molecule has 1 saturated carbocycles. The van der Waals surface area contributed by atoms with E-state index in [0.717, 1.165) is 44.6 Å². The van der Waals surface area contributed by atoms with Crippen molar-refractivity contribution in [1.82, 2.24) is 4.57 Å². The number of nitrogens with zero attached hydrogens (tertiary/aromatic N) is 2. The van der Waals surface area contributed by atoms with Gasteiger partial charge in [0.25, 0.3) is 0 Å². The fourth-order valence-electron chi connectivity index (χ4n) is 3.10. The molecule has 0 bridgehead atoms. The van der Waals surface area contributed by atoms with Gasteiger partial charge in [-0.05, 0) is 30.4 Å². The summed E-state index contributed by atoms with van der Waals surface area (Å²) in [6.07, 6.45) is 6.17. The average Bonchev–Trinajstić information content (AvgIpc) is 2.98. The van der Waals surface area contributed by atoms with Crippen LogP contribution in [0, 0.1) is 11.3 Å². The van der Waals surface area contributed by atoms with E-state index in [1.54, 1.807) is 0 Å². The highest BCUT2D eigenvalue weighted by atomic mass is 16.7. The summed E-state index contributed by atoms with van der Waals surface area (Å²) >= 11 is 0. The Balaban J connectivity index is 1.70. The molecule has 18 heavy (non-hydrogen) atoms. The molecule has 1 aromatic heterocycles. The van der Waals surface area contributed by atoms with E-state index < -0.39 is 0 Å². The zero-order valence-electron chi connectivity index (χ0n) is 10.7. The topological polar surface area (TPSA) is 47.2 Å². The van der Waals surface area contributed by atoms with Crippen LogP contribution in [0.4, 0.5) is 0 Å². The smallest absolute Gasteiger partial charge is 0.168 e. The molecule has 4 heteroatoms. The van der Waals surface area contributed by atoms with Crippen molar-refractivity contribution in [1.29, 1.82) is 5.26 Å². The molecule has 1 aliphatic carbocycles. The lowest BCUT2D eigenvalue weighted by molar-refractivity contribution is -0.178. The molecule has 2 fully saturated rings. The van der Waals surface area contributed by atoms with E-state index in [2.05, 4.69) is 12.3 Å². The third kappa shape index (κ3) is 1.94. The molecule has 0 amide bonds. The Labute approximate surface area is 107 Å². The van der Waals surface area contributed by atoms with Crippen LogP contribution in [-0.2, 0) is 16.5 Å². The largest absolute Gasteiger partial charge is 0.348 e. The minimum atomic E-state index is -0.288. The molecular formula is C14H18N2O2. The predicted octanol–water partition coefficient (Wildman–Crippen LogP) is 2.30. The minimum Gasteiger partial charge on any atom is -0.348 e. The molecule has 1 aromatic rings. The first-order valence-electron chi connectivity index (χ1n) is 6.57. The predicted molar refractivity (Wildman–Crippen MR) is 66.0 cm³/mol. The molecule has 1 aliphatic heterocycles. The number of aromatic nitrogens is 1. The Hall–Kier alpha value is -1.31. The maximum absolute atomic E-state index is 8.99. The van der Waals surface area contributed by atoms with Gasteiger partial charge in [-0.2, -0.15) is 5.26 Å². The summed E-state index contributed by atoms with van der Waals surface area (Å²) in [5.41, 5.74) is 2.01.